The zero-order valence-corrected chi connectivity index (χ0v) is 14.4. The van der Waals surface area contributed by atoms with E-state index >= 15 is 0 Å². The average molecular weight is 331 g/mol. The van der Waals surface area contributed by atoms with Crippen LogP contribution in [-0.4, -0.2) is 5.91 Å². The summed E-state index contributed by atoms with van der Waals surface area (Å²) in [6.45, 7) is 4.28. The van der Waals surface area contributed by atoms with Gasteiger partial charge in [-0.1, -0.05) is 56.3 Å². The molecule has 0 saturated carbocycles. The number of anilines is 1. The number of hydrogen-bond donors (Lipinski definition) is 1. The van der Waals surface area contributed by atoms with Crippen LogP contribution < -0.4 is 5.32 Å². The number of benzene rings is 2. The van der Waals surface area contributed by atoms with Crippen molar-refractivity contribution >= 4 is 17.7 Å². The molecule has 1 amide bonds. The lowest BCUT2D eigenvalue weighted by molar-refractivity contribution is -0.111. The smallest absolute Gasteiger partial charge is 0.248 e. The van der Waals surface area contributed by atoms with E-state index in [-0.39, 0.29) is 5.91 Å². The minimum atomic E-state index is -0.185. The molecule has 1 N–H and O–H groups in total. The first-order valence-corrected chi connectivity index (χ1v) is 8.36. The number of furan rings is 1. The maximum absolute atomic E-state index is 12.0. The van der Waals surface area contributed by atoms with Crippen LogP contribution >= 0.6 is 0 Å². The van der Waals surface area contributed by atoms with E-state index in [0.717, 1.165) is 17.0 Å². The monoisotopic (exact) mass is 331 g/mol. The molecule has 1 aromatic heterocycles. The van der Waals surface area contributed by atoms with Crippen molar-refractivity contribution in [3.63, 3.8) is 0 Å². The third-order valence-corrected chi connectivity index (χ3v) is 3.93. The van der Waals surface area contributed by atoms with E-state index in [9.17, 15) is 4.79 Å². The lowest BCUT2D eigenvalue weighted by Crippen LogP contribution is -2.07. The lowest BCUT2D eigenvalue weighted by Gasteiger charge is -2.07. The van der Waals surface area contributed by atoms with E-state index < -0.39 is 0 Å². The Morgan fingerprint density at radius 3 is 2.36 bits per heavy atom. The molecule has 0 aliphatic heterocycles. The molecule has 0 spiro atoms. The van der Waals surface area contributed by atoms with Crippen molar-refractivity contribution in [3.8, 4) is 11.3 Å². The quantitative estimate of drug-likeness (QED) is 0.607. The fraction of sp³-hybridized carbons (Fsp3) is 0.136. The predicted octanol–water partition coefficient (Wildman–Crippen LogP) is 5.72. The third-order valence-electron chi connectivity index (χ3n) is 3.93. The summed E-state index contributed by atoms with van der Waals surface area (Å²) in [7, 11) is 0. The van der Waals surface area contributed by atoms with E-state index in [4.69, 9.17) is 4.42 Å². The summed E-state index contributed by atoms with van der Waals surface area (Å²) in [5.41, 5.74) is 3.04. The lowest BCUT2D eigenvalue weighted by atomic mass is 10.0. The summed E-state index contributed by atoms with van der Waals surface area (Å²) in [5.74, 6) is 1.71. The van der Waals surface area contributed by atoms with Gasteiger partial charge >= 0.3 is 0 Å². The van der Waals surface area contributed by atoms with Gasteiger partial charge in [-0.25, -0.2) is 0 Å². The summed E-state index contributed by atoms with van der Waals surface area (Å²) in [6.07, 6.45) is 3.15. The van der Waals surface area contributed by atoms with Crippen LogP contribution in [0.4, 0.5) is 5.69 Å². The van der Waals surface area contributed by atoms with Gasteiger partial charge in [0.25, 0.3) is 0 Å². The van der Waals surface area contributed by atoms with Crippen molar-refractivity contribution in [3.05, 3.63) is 84.1 Å². The second kappa shape index (κ2) is 7.67. The highest BCUT2D eigenvalue weighted by Gasteiger charge is 2.04. The van der Waals surface area contributed by atoms with Gasteiger partial charge in [0, 0.05) is 17.3 Å². The van der Waals surface area contributed by atoms with Crippen LogP contribution in [0.5, 0.6) is 0 Å². The maximum atomic E-state index is 12.0. The van der Waals surface area contributed by atoms with Crippen molar-refractivity contribution in [2.45, 2.75) is 19.8 Å². The van der Waals surface area contributed by atoms with Gasteiger partial charge in [0.05, 0.1) is 0 Å². The molecule has 0 unspecified atom stereocenters. The Kier molecular flexibility index (Phi) is 5.14. The normalized spacial score (nSPS) is 11.2. The number of hydrogen-bond acceptors (Lipinski definition) is 2. The molecule has 2 aromatic carbocycles. The minimum absolute atomic E-state index is 0.185. The minimum Gasteiger partial charge on any atom is -0.457 e. The molecule has 0 radical (unpaired) electrons. The van der Waals surface area contributed by atoms with Crippen LogP contribution in [0.2, 0.25) is 0 Å². The molecule has 3 aromatic rings. The van der Waals surface area contributed by atoms with Crippen LogP contribution in [0.15, 0.2) is 77.2 Å². The summed E-state index contributed by atoms with van der Waals surface area (Å²) in [4.78, 5) is 12.0. The first-order chi connectivity index (χ1) is 12.1. The molecule has 1 heterocycles. The molecule has 3 nitrogen and oxygen atoms in total. The molecule has 0 aliphatic carbocycles. The number of rotatable bonds is 5. The van der Waals surface area contributed by atoms with Gasteiger partial charge in [0.15, 0.2) is 0 Å². The van der Waals surface area contributed by atoms with Gasteiger partial charge in [-0.3, -0.25) is 4.79 Å². The highest BCUT2D eigenvalue weighted by atomic mass is 16.3. The van der Waals surface area contributed by atoms with Gasteiger partial charge in [-0.15, -0.1) is 0 Å². The van der Waals surface area contributed by atoms with Crippen molar-refractivity contribution in [2.24, 2.45) is 0 Å². The van der Waals surface area contributed by atoms with Gasteiger partial charge < -0.3 is 9.73 Å². The largest absolute Gasteiger partial charge is 0.457 e. The highest BCUT2D eigenvalue weighted by Crippen LogP contribution is 2.22. The van der Waals surface area contributed by atoms with Crippen LogP contribution in [0.25, 0.3) is 17.4 Å². The molecule has 0 fully saturated rings. The van der Waals surface area contributed by atoms with Crippen molar-refractivity contribution in [2.75, 3.05) is 5.32 Å². The Morgan fingerprint density at radius 1 is 0.960 bits per heavy atom. The van der Waals surface area contributed by atoms with Crippen LogP contribution in [-0.2, 0) is 4.79 Å². The Morgan fingerprint density at radius 2 is 1.68 bits per heavy atom. The molecular weight excluding hydrogens is 310 g/mol. The SMILES string of the molecule is CC(C)c1ccc(NC(=O)/C=C/c2ccc(-c3ccccc3)o2)cc1. The van der Waals surface area contributed by atoms with Crippen LogP contribution in [0, 0.1) is 0 Å². The molecule has 126 valence electrons. The van der Waals surface area contributed by atoms with Crippen molar-refractivity contribution < 1.29 is 9.21 Å². The summed E-state index contributed by atoms with van der Waals surface area (Å²) >= 11 is 0. The third kappa shape index (κ3) is 4.48. The number of amides is 1. The fourth-order valence-electron chi connectivity index (χ4n) is 2.49. The van der Waals surface area contributed by atoms with Crippen LogP contribution in [0.1, 0.15) is 31.1 Å². The van der Waals surface area contributed by atoms with Gasteiger partial charge in [0.2, 0.25) is 5.91 Å². The Labute approximate surface area is 148 Å². The standard InChI is InChI=1S/C22H21NO2/c1-16(2)17-8-10-19(11-9-17)23-22(24)15-13-20-12-14-21(25-20)18-6-4-3-5-7-18/h3-16H,1-2H3,(H,23,24)/b15-13+. The predicted molar refractivity (Wildman–Crippen MR) is 102 cm³/mol. The summed E-state index contributed by atoms with van der Waals surface area (Å²) in [5, 5.41) is 2.85. The Balaban J connectivity index is 1.62. The zero-order chi connectivity index (χ0) is 17.6. The van der Waals surface area contributed by atoms with E-state index in [0.29, 0.717) is 11.7 Å². The second-order valence-electron chi connectivity index (χ2n) is 6.17. The molecule has 3 heteroatoms. The van der Waals surface area contributed by atoms with E-state index in [1.54, 1.807) is 6.08 Å². The van der Waals surface area contributed by atoms with Crippen molar-refractivity contribution in [1.82, 2.24) is 0 Å². The molecule has 25 heavy (non-hydrogen) atoms. The molecule has 3 rings (SSSR count). The highest BCUT2D eigenvalue weighted by molar-refractivity contribution is 6.01. The van der Waals surface area contributed by atoms with E-state index in [1.807, 2.05) is 66.7 Å². The molecule has 0 aliphatic rings. The molecular formula is C22H21NO2. The van der Waals surface area contributed by atoms with Gasteiger partial charge in [0.1, 0.15) is 11.5 Å². The van der Waals surface area contributed by atoms with E-state index in [1.165, 1.54) is 11.6 Å². The second-order valence-corrected chi connectivity index (χ2v) is 6.17. The number of carbonyl (C=O) groups excluding carboxylic acids is 1. The molecule has 0 atom stereocenters. The average Bonchev–Trinajstić information content (AvgIpc) is 3.10. The molecule has 0 saturated heterocycles. The van der Waals surface area contributed by atoms with Crippen LogP contribution in [0.3, 0.4) is 0 Å². The van der Waals surface area contributed by atoms with Crippen molar-refractivity contribution in [1.29, 1.82) is 0 Å². The molecule has 0 bridgehead atoms. The maximum Gasteiger partial charge on any atom is 0.248 e. The summed E-state index contributed by atoms with van der Waals surface area (Å²) < 4.78 is 5.75. The van der Waals surface area contributed by atoms with Gasteiger partial charge in [-0.05, 0) is 41.8 Å². The zero-order valence-electron chi connectivity index (χ0n) is 14.4. The van der Waals surface area contributed by atoms with E-state index in [2.05, 4.69) is 19.2 Å². The Hall–Kier alpha value is -3.07. The number of carbonyl (C=O) groups is 1. The fourth-order valence-corrected chi connectivity index (χ4v) is 2.49. The number of nitrogens with one attached hydrogen (secondary N) is 1. The summed E-state index contributed by atoms with van der Waals surface area (Å²) in [6, 6.07) is 21.5. The first-order valence-electron chi connectivity index (χ1n) is 8.36. The first kappa shape index (κ1) is 16.8. The topological polar surface area (TPSA) is 42.2 Å². The van der Waals surface area contributed by atoms with Gasteiger partial charge in [-0.2, -0.15) is 0 Å². The Bertz CT molecular complexity index is 859.